The summed E-state index contributed by atoms with van der Waals surface area (Å²) < 4.78 is 61.0. The standard InChI is InChI=1S/C16H21F3N4O3S2/c1-2-28(25,26)9-4-3-8-13-22-23-15(27-13)21-14(24)20-12-7-5-6-11(10-12)16(17,18)19/h5-7,10,13,15H,2-4,8-9H2,1H3,(H2,20,21,24)/t13-,15-/m1/s1. The van der Waals surface area contributed by atoms with Crippen molar-refractivity contribution in [3.05, 3.63) is 29.8 Å². The van der Waals surface area contributed by atoms with Gasteiger partial charge < -0.3 is 10.6 Å². The van der Waals surface area contributed by atoms with Gasteiger partial charge in [0.05, 0.1) is 11.3 Å². The molecular formula is C16H21F3N4O3S2. The lowest BCUT2D eigenvalue weighted by atomic mass is 10.2. The highest BCUT2D eigenvalue weighted by atomic mass is 32.2. The number of hydrogen-bond acceptors (Lipinski definition) is 6. The van der Waals surface area contributed by atoms with Crippen molar-refractivity contribution >= 4 is 33.3 Å². The summed E-state index contributed by atoms with van der Waals surface area (Å²) in [6.45, 7) is 1.61. The van der Waals surface area contributed by atoms with E-state index in [1.165, 1.54) is 23.9 Å². The van der Waals surface area contributed by atoms with Crippen LogP contribution in [0.4, 0.5) is 23.7 Å². The zero-order valence-electron chi connectivity index (χ0n) is 15.1. The van der Waals surface area contributed by atoms with Crippen LogP contribution in [0, 0.1) is 0 Å². The summed E-state index contributed by atoms with van der Waals surface area (Å²) in [5, 5.41) is 12.6. The third kappa shape index (κ3) is 7.30. The number of thioether (sulfide) groups is 1. The number of azo groups is 1. The Morgan fingerprint density at radius 1 is 1.25 bits per heavy atom. The number of hydrogen-bond donors (Lipinski definition) is 2. The van der Waals surface area contributed by atoms with Crippen LogP contribution in [0.1, 0.15) is 31.7 Å². The number of rotatable bonds is 8. The molecule has 0 saturated carbocycles. The average Bonchev–Trinajstić information content (AvgIpc) is 3.05. The van der Waals surface area contributed by atoms with Gasteiger partial charge in [0, 0.05) is 11.4 Å². The van der Waals surface area contributed by atoms with E-state index < -0.39 is 33.1 Å². The van der Waals surface area contributed by atoms with Crippen molar-refractivity contribution in [2.24, 2.45) is 10.2 Å². The predicted molar refractivity (Wildman–Crippen MR) is 102 cm³/mol. The fraction of sp³-hybridized carbons (Fsp3) is 0.562. The van der Waals surface area contributed by atoms with Gasteiger partial charge in [0.2, 0.25) is 0 Å². The van der Waals surface area contributed by atoms with Crippen LogP contribution in [0.15, 0.2) is 34.5 Å². The lowest BCUT2D eigenvalue weighted by Crippen LogP contribution is -2.34. The van der Waals surface area contributed by atoms with Crippen molar-refractivity contribution in [3.63, 3.8) is 0 Å². The van der Waals surface area contributed by atoms with Gasteiger partial charge in [0.1, 0.15) is 15.2 Å². The number of benzene rings is 1. The van der Waals surface area contributed by atoms with E-state index in [4.69, 9.17) is 0 Å². The number of carbonyl (C=O) groups excluding carboxylic acids is 1. The number of carbonyl (C=O) groups is 1. The summed E-state index contributed by atoms with van der Waals surface area (Å²) in [5.74, 6) is 0.261. The normalized spacial score (nSPS) is 19.6. The van der Waals surface area contributed by atoms with Crippen LogP contribution in [0.3, 0.4) is 0 Å². The highest BCUT2D eigenvalue weighted by Crippen LogP contribution is 2.31. The highest BCUT2D eigenvalue weighted by Gasteiger charge is 2.30. The molecule has 1 aliphatic rings. The van der Waals surface area contributed by atoms with E-state index in [0.29, 0.717) is 19.3 Å². The maximum Gasteiger partial charge on any atom is 0.416 e. The number of halogens is 3. The largest absolute Gasteiger partial charge is 0.416 e. The summed E-state index contributed by atoms with van der Waals surface area (Å²) in [4.78, 5) is 12.0. The average molecular weight is 438 g/mol. The fourth-order valence-electron chi connectivity index (χ4n) is 2.36. The number of nitrogens with zero attached hydrogens (tertiary/aromatic N) is 2. The topological polar surface area (TPSA) is 100.0 Å². The molecule has 156 valence electrons. The molecule has 0 unspecified atom stereocenters. The van der Waals surface area contributed by atoms with Crippen LogP contribution in [-0.2, 0) is 16.0 Å². The van der Waals surface area contributed by atoms with Crippen LogP contribution in [0.2, 0.25) is 0 Å². The molecule has 1 aromatic carbocycles. The quantitative estimate of drug-likeness (QED) is 0.593. The van der Waals surface area contributed by atoms with E-state index in [1.54, 1.807) is 6.92 Å². The number of amides is 2. The summed E-state index contributed by atoms with van der Waals surface area (Å²) in [6, 6.07) is 3.63. The van der Waals surface area contributed by atoms with Gasteiger partial charge in [-0.3, -0.25) is 0 Å². The second-order valence-corrected chi connectivity index (χ2v) is 9.82. The molecule has 7 nitrogen and oxygen atoms in total. The van der Waals surface area contributed by atoms with Crippen molar-refractivity contribution in [2.45, 2.75) is 43.2 Å². The van der Waals surface area contributed by atoms with Gasteiger partial charge >= 0.3 is 12.2 Å². The molecule has 0 spiro atoms. The van der Waals surface area contributed by atoms with E-state index in [2.05, 4.69) is 20.9 Å². The first-order valence-electron chi connectivity index (χ1n) is 8.59. The molecule has 0 fully saturated rings. The minimum Gasteiger partial charge on any atom is -0.308 e. The molecular weight excluding hydrogens is 417 g/mol. The molecule has 2 rings (SSSR count). The molecule has 0 radical (unpaired) electrons. The minimum atomic E-state index is -4.49. The van der Waals surface area contributed by atoms with E-state index in [-0.39, 0.29) is 22.6 Å². The molecule has 0 aromatic heterocycles. The molecule has 12 heteroatoms. The number of nitrogens with one attached hydrogen (secondary N) is 2. The number of anilines is 1. The first-order valence-corrected chi connectivity index (χ1v) is 11.4. The van der Waals surface area contributed by atoms with E-state index in [1.807, 2.05) is 0 Å². The number of urea groups is 1. The minimum absolute atomic E-state index is 0.0148. The van der Waals surface area contributed by atoms with Crippen molar-refractivity contribution in [1.29, 1.82) is 0 Å². The summed E-state index contributed by atoms with van der Waals surface area (Å²) in [7, 11) is -2.98. The molecule has 0 bridgehead atoms. The van der Waals surface area contributed by atoms with E-state index in [0.717, 1.165) is 12.1 Å². The second-order valence-electron chi connectivity index (χ2n) is 6.08. The Balaban J connectivity index is 1.74. The van der Waals surface area contributed by atoms with Gasteiger partial charge in [0.15, 0.2) is 5.50 Å². The van der Waals surface area contributed by atoms with Crippen molar-refractivity contribution in [1.82, 2.24) is 5.32 Å². The van der Waals surface area contributed by atoms with Crippen LogP contribution in [-0.4, -0.2) is 36.8 Å². The highest BCUT2D eigenvalue weighted by molar-refractivity contribution is 8.00. The number of sulfone groups is 1. The molecule has 1 aromatic rings. The molecule has 0 aliphatic carbocycles. The van der Waals surface area contributed by atoms with Crippen molar-refractivity contribution in [3.8, 4) is 0 Å². The molecule has 1 heterocycles. The third-order valence-corrected chi connectivity index (χ3v) is 6.79. The monoisotopic (exact) mass is 438 g/mol. The summed E-state index contributed by atoms with van der Waals surface area (Å²) in [5.41, 5.74) is -1.48. The first kappa shape index (κ1) is 22.5. The van der Waals surface area contributed by atoms with E-state index >= 15 is 0 Å². The lowest BCUT2D eigenvalue weighted by Gasteiger charge is -2.13. The Morgan fingerprint density at radius 2 is 2.00 bits per heavy atom. The predicted octanol–water partition coefficient (Wildman–Crippen LogP) is 4.24. The van der Waals surface area contributed by atoms with Crippen LogP contribution in [0.5, 0.6) is 0 Å². The van der Waals surface area contributed by atoms with Crippen LogP contribution < -0.4 is 10.6 Å². The molecule has 0 saturated heterocycles. The van der Waals surface area contributed by atoms with Gasteiger partial charge in [-0.1, -0.05) is 24.8 Å². The van der Waals surface area contributed by atoms with Crippen molar-refractivity contribution < 1.29 is 26.4 Å². The Kier molecular flexibility index (Phi) is 7.70. The van der Waals surface area contributed by atoms with Gasteiger partial charge in [-0.2, -0.15) is 23.4 Å². The zero-order chi connectivity index (χ0) is 20.8. The molecule has 28 heavy (non-hydrogen) atoms. The lowest BCUT2D eigenvalue weighted by molar-refractivity contribution is -0.137. The maximum atomic E-state index is 12.7. The Hall–Kier alpha value is -1.82. The second kappa shape index (κ2) is 9.59. The van der Waals surface area contributed by atoms with Crippen LogP contribution in [0.25, 0.3) is 0 Å². The van der Waals surface area contributed by atoms with Gasteiger partial charge in [-0.25, -0.2) is 13.2 Å². The SMILES string of the molecule is CCS(=O)(=O)CCCC[C@@H]1N=N[C@@H](NC(=O)Nc2cccc(C(F)(F)F)c2)S1. The summed E-state index contributed by atoms with van der Waals surface area (Å²) >= 11 is 1.29. The molecule has 2 amide bonds. The zero-order valence-corrected chi connectivity index (χ0v) is 16.7. The summed E-state index contributed by atoms with van der Waals surface area (Å²) in [6.07, 6.45) is -2.66. The Labute approximate surface area is 165 Å². The molecule has 2 N–H and O–H groups in total. The molecule has 2 atom stereocenters. The van der Waals surface area contributed by atoms with E-state index in [9.17, 15) is 26.4 Å². The van der Waals surface area contributed by atoms with Crippen molar-refractivity contribution in [2.75, 3.05) is 16.8 Å². The van der Waals surface area contributed by atoms with Gasteiger partial charge in [0.25, 0.3) is 0 Å². The van der Waals surface area contributed by atoms with Crippen LogP contribution >= 0.6 is 11.8 Å². The smallest absolute Gasteiger partial charge is 0.308 e. The first-order chi connectivity index (χ1) is 13.1. The van der Waals surface area contributed by atoms with Gasteiger partial charge in [-0.15, -0.1) is 0 Å². The molecule has 1 aliphatic heterocycles. The third-order valence-electron chi connectivity index (χ3n) is 3.88. The maximum absolute atomic E-state index is 12.7. The van der Waals surface area contributed by atoms with Gasteiger partial charge in [-0.05, 0) is 37.5 Å². The fourth-order valence-corrected chi connectivity index (χ4v) is 4.29. The Morgan fingerprint density at radius 3 is 2.68 bits per heavy atom. The Bertz CT molecular complexity index is 816. The number of unbranched alkanes of at least 4 members (excludes halogenated alkanes) is 1. The number of alkyl halides is 3.